The molecule has 2 aromatic rings. The van der Waals surface area contributed by atoms with Crippen molar-refractivity contribution in [2.24, 2.45) is 4.99 Å². The number of aliphatic imine (C=N–C) groups is 1. The van der Waals surface area contributed by atoms with Crippen LogP contribution in [0.2, 0.25) is 0 Å². The molecule has 1 amide bonds. The molecular formula is C18H14N2O. The first-order chi connectivity index (χ1) is 10.3. The van der Waals surface area contributed by atoms with E-state index >= 15 is 0 Å². The summed E-state index contributed by atoms with van der Waals surface area (Å²) in [6, 6.07) is 17.6. The monoisotopic (exact) mass is 274 g/mol. The standard InChI is InChI=1S/C18H14N2O/c1-2-12-20-16-11-7-6-10-15(16)18(19-13-17(20)21)14-8-4-3-5-9-14/h1,3-11H,12-13H2. The molecule has 0 N–H and O–H groups in total. The third-order valence-electron chi connectivity index (χ3n) is 3.42. The van der Waals surface area contributed by atoms with E-state index in [1.807, 2.05) is 54.6 Å². The van der Waals surface area contributed by atoms with Crippen molar-refractivity contribution in [2.75, 3.05) is 18.0 Å². The summed E-state index contributed by atoms with van der Waals surface area (Å²) in [7, 11) is 0. The van der Waals surface area contributed by atoms with Crippen molar-refractivity contribution in [1.82, 2.24) is 0 Å². The van der Waals surface area contributed by atoms with Crippen molar-refractivity contribution < 1.29 is 4.79 Å². The molecular weight excluding hydrogens is 260 g/mol. The molecule has 1 aliphatic heterocycles. The van der Waals surface area contributed by atoms with Gasteiger partial charge in [0.15, 0.2) is 0 Å². The van der Waals surface area contributed by atoms with Crippen molar-refractivity contribution in [3.05, 3.63) is 65.7 Å². The number of hydrogen-bond donors (Lipinski definition) is 0. The van der Waals surface area contributed by atoms with Gasteiger partial charge < -0.3 is 0 Å². The van der Waals surface area contributed by atoms with E-state index in [1.165, 1.54) is 0 Å². The van der Waals surface area contributed by atoms with Crippen molar-refractivity contribution in [3.8, 4) is 12.3 Å². The highest BCUT2D eigenvalue weighted by Gasteiger charge is 2.23. The molecule has 2 aromatic carbocycles. The maximum Gasteiger partial charge on any atom is 0.249 e. The van der Waals surface area contributed by atoms with E-state index < -0.39 is 0 Å². The van der Waals surface area contributed by atoms with Crippen LogP contribution in [0, 0.1) is 12.3 Å². The van der Waals surface area contributed by atoms with Crippen LogP contribution < -0.4 is 4.90 Å². The first-order valence-electron chi connectivity index (χ1n) is 6.74. The number of nitrogens with zero attached hydrogens (tertiary/aromatic N) is 2. The summed E-state index contributed by atoms with van der Waals surface area (Å²) in [6.07, 6.45) is 5.39. The van der Waals surface area contributed by atoms with Gasteiger partial charge in [-0.1, -0.05) is 54.5 Å². The van der Waals surface area contributed by atoms with Gasteiger partial charge in [-0.05, 0) is 6.07 Å². The maximum absolute atomic E-state index is 12.3. The second kappa shape index (κ2) is 5.64. The molecule has 0 aromatic heterocycles. The Hall–Kier alpha value is -2.86. The van der Waals surface area contributed by atoms with Crippen molar-refractivity contribution in [3.63, 3.8) is 0 Å². The first-order valence-corrected chi connectivity index (χ1v) is 6.74. The number of anilines is 1. The molecule has 3 nitrogen and oxygen atoms in total. The SMILES string of the molecule is C#CCN1C(=O)CN=C(c2ccccc2)c2ccccc21. The molecule has 0 fully saturated rings. The lowest BCUT2D eigenvalue weighted by atomic mass is 10.0. The summed E-state index contributed by atoms with van der Waals surface area (Å²) >= 11 is 0. The number of carbonyl (C=O) groups excluding carboxylic acids is 1. The van der Waals surface area contributed by atoms with Gasteiger partial charge in [-0.3, -0.25) is 14.7 Å². The highest BCUT2D eigenvalue weighted by molar-refractivity contribution is 6.19. The van der Waals surface area contributed by atoms with Crippen LogP contribution in [-0.4, -0.2) is 24.7 Å². The molecule has 0 aliphatic carbocycles. The Labute approximate surface area is 123 Å². The lowest BCUT2D eigenvalue weighted by Gasteiger charge is -2.20. The number of carbonyl (C=O) groups is 1. The van der Waals surface area contributed by atoms with Crippen LogP contribution in [0.3, 0.4) is 0 Å². The average Bonchev–Trinajstić information content (AvgIpc) is 2.67. The second-order valence-corrected chi connectivity index (χ2v) is 4.73. The van der Waals surface area contributed by atoms with E-state index in [1.54, 1.807) is 4.90 Å². The Bertz CT molecular complexity index is 741. The minimum absolute atomic E-state index is 0.0775. The van der Waals surface area contributed by atoms with Crippen molar-refractivity contribution in [1.29, 1.82) is 0 Å². The molecule has 0 saturated carbocycles. The quantitative estimate of drug-likeness (QED) is 0.774. The van der Waals surface area contributed by atoms with E-state index in [-0.39, 0.29) is 19.0 Å². The molecule has 0 spiro atoms. The predicted molar refractivity (Wildman–Crippen MR) is 84.6 cm³/mol. The van der Waals surface area contributed by atoms with E-state index in [2.05, 4.69) is 10.9 Å². The zero-order chi connectivity index (χ0) is 14.7. The van der Waals surface area contributed by atoms with Crippen LogP contribution in [0.1, 0.15) is 11.1 Å². The molecule has 0 bridgehead atoms. The van der Waals surface area contributed by atoms with E-state index in [0.29, 0.717) is 0 Å². The van der Waals surface area contributed by atoms with Crippen LogP contribution in [-0.2, 0) is 4.79 Å². The van der Waals surface area contributed by atoms with Gasteiger partial charge in [0.25, 0.3) is 0 Å². The number of para-hydroxylation sites is 1. The molecule has 3 rings (SSSR count). The van der Waals surface area contributed by atoms with E-state index in [4.69, 9.17) is 6.42 Å². The fourth-order valence-corrected chi connectivity index (χ4v) is 2.47. The fourth-order valence-electron chi connectivity index (χ4n) is 2.47. The number of benzodiazepines with no additional fused rings is 1. The van der Waals surface area contributed by atoms with Crippen LogP contribution in [0.4, 0.5) is 5.69 Å². The van der Waals surface area contributed by atoms with Gasteiger partial charge in [0.2, 0.25) is 5.91 Å². The highest BCUT2D eigenvalue weighted by Crippen LogP contribution is 2.26. The van der Waals surface area contributed by atoms with Gasteiger partial charge in [-0.15, -0.1) is 6.42 Å². The zero-order valence-corrected chi connectivity index (χ0v) is 11.5. The Morgan fingerprint density at radius 2 is 1.81 bits per heavy atom. The first kappa shape index (κ1) is 13.1. The van der Waals surface area contributed by atoms with E-state index in [9.17, 15) is 4.79 Å². The molecule has 0 unspecified atom stereocenters. The molecule has 0 radical (unpaired) electrons. The average molecular weight is 274 g/mol. The summed E-state index contributed by atoms with van der Waals surface area (Å²) in [5, 5.41) is 0. The molecule has 1 aliphatic rings. The number of rotatable bonds is 2. The summed E-state index contributed by atoms with van der Waals surface area (Å²) in [5.74, 6) is 2.47. The fraction of sp³-hybridized carbons (Fsp3) is 0.111. The lowest BCUT2D eigenvalue weighted by molar-refractivity contribution is -0.117. The number of hydrogen-bond acceptors (Lipinski definition) is 2. The molecule has 21 heavy (non-hydrogen) atoms. The van der Waals surface area contributed by atoms with Gasteiger partial charge in [0, 0.05) is 11.1 Å². The zero-order valence-electron chi connectivity index (χ0n) is 11.5. The van der Waals surface area contributed by atoms with Crippen LogP contribution in [0.15, 0.2) is 59.6 Å². The molecule has 0 atom stereocenters. The van der Waals surface area contributed by atoms with Gasteiger partial charge in [0.1, 0.15) is 6.54 Å². The molecule has 3 heteroatoms. The Morgan fingerprint density at radius 3 is 2.57 bits per heavy atom. The minimum atomic E-state index is -0.0775. The Morgan fingerprint density at radius 1 is 1.10 bits per heavy atom. The van der Waals surface area contributed by atoms with Gasteiger partial charge in [0.05, 0.1) is 17.9 Å². The minimum Gasteiger partial charge on any atom is -0.299 e. The maximum atomic E-state index is 12.3. The number of fused-ring (bicyclic) bond motifs is 1. The van der Waals surface area contributed by atoms with Crippen LogP contribution in [0.25, 0.3) is 0 Å². The normalized spacial score (nSPS) is 14.0. The van der Waals surface area contributed by atoms with Crippen molar-refractivity contribution >= 4 is 17.3 Å². The summed E-state index contributed by atoms with van der Waals surface area (Å²) in [4.78, 5) is 18.4. The second-order valence-electron chi connectivity index (χ2n) is 4.73. The summed E-state index contributed by atoms with van der Waals surface area (Å²) < 4.78 is 0. The van der Waals surface area contributed by atoms with Crippen molar-refractivity contribution in [2.45, 2.75) is 0 Å². The number of benzene rings is 2. The Balaban J connectivity index is 2.17. The van der Waals surface area contributed by atoms with Gasteiger partial charge in [-0.25, -0.2) is 0 Å². The predicted octanol–water partition coefficient (Wildman–Crippen LogP) is 2.50. The largest absolute Gasteiger partial charge is 0.299 e. The third kappa shape index (κ3) is 2.44. The lowest BCUT2D eigenvalue weighted by Crippen LogP contribution is -2.32. The highest BCUT2D eigenvalue weighted by atomic mass is 16.2. The smallest absolute Gasteiger partial charge is 0.249 e. The summed E-state index contributed by atoms with van der Waals surface area (Å²) in [5.41, 5.74) is 3.59. The third-order valence-corrected chi connectivity index (χ3v) is 3.42. The number of amides is 1. The topological polar surface area (TPSA) is 32.7 Å². The number of terminal acetylenes is 1. The molecule has 102 valence electrons. The van der Waals surface area contributed by atoms with Gasteiger partial charge in [-0.2, -0.15) is 0 Å². The van der Waals surface area contributed by atoms with Crippen LogP contribution >= 0.6 is 0 Å². The van der Waals surface area contributed by atoms with Crippen LogP contribution in [0.5, 0.6) is 0 Å². The molecule has 0 saturated heterocycles. The summed E-state index contributed by atoms with van der Waals surface area (Å²) in [6.45, 7) is 0.369. The Kier molecular flexibility index (Phi) is 3.53. The molecule has 1 heterocycles. The van der Waals surface area contributed by atoms with E-state index in [0.717, 1.165) is 22.5 Å². The van der Waals surface area contributed by atoms with Gasteiger partial charge >= 0.3 is 0 Å².